The van der Waals surface area contributed by atoms with Crippen LogP contribution in [-0.4, -0.2) is 39.3 Å². The first-order valence-electron chi connectivity index (χ1n) is 6.67. The van der Waals surface area contributed by atoms with E-state index in [1.165, 1.54) is 0 Å². The molecule has 0 saturated carbocycles. The number of nitrogens with zero attached hydrogens (tertiary/aromatic N) is 4. The highest BCUT2D eigenvalue weighted by molar-refractivity contribution is 9.10. The second kappa shape index (κ2) is 5.49. The van der Waals surface area contributed by atoms with Crippen LogP contribution in [0, 0.1) is 5.92 Å². The molecule has 1 fully saturated rings. The van der Waals surface area contributed by atoms with Gasteiger partial charge in [-0.05, 0) is 34.3 Å². The maximum atomic E-state index is 6.12. The first kappa shape index (κ1) is 13.5. The standard InChI is InChI=1S/C13H17BrN6/c1-8-2-3-20(7-11(8)15)13-17-12(18-19-13)9-4-10(14)6-16-5-9/h4-6,8,11H,2-3,7,15H2,1H3,(H,17,18,19). The number of nitrogens with one attached hydrogen (secondary N) is 1. The average Bonchev–Trinajstić information content (AvgIpc) is 2.92. The summed E-state index contributed by atoms with van der Waals surface area (Å²) in [7, 11) is 0. The van der Waals surface area contributed by atoms with Gasteiger partial charge in [0.25, 0.3) is 0 Å². The number of hydrogen-bond donors (Lipinski definition) is 2. The number of aromatic amines is 1. The Labute approximate surface area is 125 Å². The summed E-state index contributed by atoms with van der Waals surface area (Å²) in [6, 6.07) is 2.14. The Hall–Kier alpha value is -1.47. The molecule has 2 aromatic heterocycles. The normalized spacial score (nSPS) is 23.1. The number of hydrogen-bond acceptors (Lipinski definition) is 5. The minimum Gasteiger partial charge on any atom is -0.338 e. The predicted molar refractivity (Wildman–Crippen MR) is 81.3 cm³/mol. The number of anilines is 1. The van der Waals surface area contributed by atoms with Gasteiger partial charge >= 0.3 is 0 Å². The van der Waals surface area contributed by atoms with E-state index in [2.05, 4.69) is 47.9 Å². The van der Waals surface area contributed by atoms with Gasteiger partial charge in [-0.25, -0.2) is 0 Å². The van der Waals surface area contributed by atoms with E-state index >= 15 is 0 Å². The third-order valence-corrected chi connectivity index (χ3v) is 4.18. The fourth-order valence-electron chi connectivity index (χ4n) is 2.35. The van der Waals surface area contributed by atoms with Crippen molar-refractivity contribution in [2.24, 2.45) is 11.7 Å². The number of rotatable bonds is 2. The van der Waals surface area contributed by atoms with E-state index in [1.807, 2.05) is 6.07 Å². The average molecular weight is 337 g/mol. The van der Waals surface area contributed by atoms with E-state index in [9.17, 15) is 0 Å². The first-order chi connectivity index (χ1) is 9.63. The van der Waals surface area contributed by atoms with Crippen LogP contribution in [0.2, 0.25) is 0 Å². The van der Waals surface area contributed by atoms with Crippen molar-refractivity contribution >= 4 is 21.9 Å². The van der Waals surface area contributed by atoms with Crippen molar-refractivity contribution in [3.8, 4) is 11.4 Å². The molecule has 0 amide bonds. The lowest BCUT2D eigenvalue weighted by Crippen LogP contribution is -2.48. The SMILES string of the molecule is CC1CCN(c2n[nH]c(-c3cncc(Br)c3)n2)CC1N. The van der Waals surface area contributed by atoms with Crippen LogP contribution < -0.4 is 10.6 Å². The Morgan fingerprint density at radius 1 is 1.45 bits per heavy atom. The molecule has 1 aliphatic heterocycles. The van der Waals surface area contributed by atoms with Crippen LogP contribution in [0.4, 0.5) is 5.95 Å². The zero-order valence-corrected chi connectivity index (χ0v) is 12.8. The number of nitrogens with two attached hydrogens (primary N) is 1. The molecule has 0 aromatic carbocycles. The Balaban J connectivity index is 1.80. The van der Waals surface area contributed by atoms with Crippen molar-refractivity contribution in [2.45, 2.75) is 19.4 Å². The van der Waals surface area contributed by atoms with Crippen molar-refractivity contribution in [1.29, 1.82) is 0 Å². The maximum Gasteiger partial charge on any atom is 0.245 e. The molecule has 2 atom stereocenters. The van der Waals surface area contributed by atoms with Gasteiger partial charge in [-0.2, -0.15) is 4.98 Å². The highest BCUT2D eigenvalue weighted by Crippen LogP contribution is 2.23. The topological polar surface area (TPSA) is 83.7 Å². The molecule has 3 heterocycles. The summed E-state index contributed by atoms with van der Waals surface area (Å²) in [5, 5.41) is 7.26. The second-order valence-corrected chi connectivity index (χ2v) is 6.17. The Morgan fingerprint density at radius 3 is 3.05 bits per heavy atom. The summed E-state index contributed by atoms with van der Waals surface area (Å²) < 4.78 is 0.918. The number of H-pyrrole nitrogens is 1. The zero-order valence-electron chi connectivity index (χ0n) is 11.3. The molecule has 3 N–H and O–H groups in total. The lowest BCUT2D eigenvalue weighted by Gasteiger charge is -2.34. The predicted octanol–water partition coefficient (Wildman–Crippen LogP) is 1.80. The van der Waals surface area contributed by atoms with Gasteiger partial charge in [0, 0.05) is 41.6 Å². The summed E-state index contributed by atoms with van der Waals surface area (Å²) in [6.45, 7) is 3.94. The molecular formula is C13H17BrN6. The number of halogens is 1. The molecule has 1 saturated heterocycles. The molecule has 20 heavy (non-hydrogen) atoms. The van der Waals surface area contributed by atoms with Gasteiger partial charge in [-0.3, -0.25) is 10.1 Å². The van der Waals surface area contributed by atoms with E-state index < -0.39 is 0 Å². The van der Waals surface area contributed by atoms with Gasteiger partial charge in [0.05, 0.1) is 0 Å². The van der Waals surface area contributed by atoms with Crippen LogP contribution >= 0.6 is 15.9 Å². The van der Waals surface area contributed by atoms with Crippen molar-refractivity contribution in [1.82, 2.24) is 20.2 Å². The largest absolute Gasteiger partial charge is 0.338 e. The van der Waals surface area contributed by atoms with Crippen LogP contribution in [0.25, 0.3) is 11.4 Å². The molecule has 1 aliphatic rings. The maximum absolute atomic E-state index is 6.12. The van der Waals surface area contributed by atoms with Gasteiger partial charge in [0.15, 0.2) is 5.82 Å². The third kappa shape index (κ3) is 2.69. The summed E-state index contributed by atoms with van der Waals surface area (Å²) in [5.74, 6) is 1.99. The number of piperidine rings is 1. The van der Waals surface area contributed by atoms with E-state index in [0.717, 1.165) is 35.4 Å². The molecular weight excluding hydrogens is 320 g/mol. The molecule has 0 spiro atoms. The monoisotopic (exact) mass is 336 g/mol. The van der Waals surface area contributed by atoms with Crippen LogP contribution in [-0.2, 0) is 0 Å². The minimum absolute atomic E-state index is 0.179. The van der Waals surface area contributed by atoms with E-state index in [-0.39, 0.29) is 6.04 Å². The molecule has 2 unspecified atom stereocenters. The van der Waals surface area contributed by atoms with Crippen molar-refractivity contribution in [3.05, 3.63) is 22.9 Å². The molecule has 0 bridgehead atoms. The van der Waals surface area contributed by atoms with E-state index in [0.29, 0.717) is 11.9 Å². The molecule has 0 aliphatic carbocycles. The fourth-order valence-corrected chi connectivity index (χ4v) is 2.71. The Morgan fingerprint density at radius 2 is 2.30 bits per heavy atom. The summed E-state index contributed by atoms with van der Waals surface area (Å²) in [4.78, 5) is 10.8. The van der Waals surface area contributed by atoms with E-state index in [1.54, 1.807) is 12.4 Å². The minimum atomic E-state index is 0.179. The van der Waals surface area contributed by atoms with Gasteiger partial charge in [-0.1, -0.05) is 6.92 Å². The lowest BCUT2D eigenvalue weighted by atomic mass is 9.95. The summed E-state index contributed by atoms with van der Waals surface area (Å²) in [6.07, 6.45) is 4.58. The van der Waals surface area contributed by atoms with Gasteiger partial charge in [0.2, 0.25) is 5.95 Å². The van der Waals surface area contributed by atoms with Gasteiger partial charge < -0.3 is 10.6 Å². The molecule has 7 heteroatoms. The first-order valence-corrected chi connectivity index (χ1v) is 7.46. The fraction of sp³-hybridized carbons (Fsp3) is 0.462. The van der Waals surface area contributed by atoms with Gasteiger partial charge in [-0.15, -0.1) is 5.10 Å². The molecule has 3 rings (SSSR count). The van der Waals surface area contributed by atoms with Gasteiger partial charge in [0.1, 0.15) is 0 Å². The third-order valence-electron chi connectivity index (χ3n) is 3.75. The Kier molecular flexibility index (Phi) is 3.71. The van der Waals surface area contributed by atoms with Crippen LogP contribution in [0.3, 0.4) is 0 Å². The summed E-state index contributed by atoms with van der Waals surface area (Å²) >= 11 is 3.41. The molecule has 6 nitrogen and oxygen atoms in total. The van der Waals surface area contributed by atoms with E-state index in [4.69, 9.17) is 5.73 Å². The molecule has 106 valence electrons. The van der Waals surface area contributed by atoms with Crippen LogP contribution in [0.1, 0.15) is 13.3 Å². The lowest BCUT2D eigenvalue weighted by molar-refractivity contribution is 0.376. The number of pyridine rings is 1. The summed E-state index contributed by atoms with van der Waals surface area (Å²) in [5.41, 5.74) is 7.03. The number of aromatic nitrogens is 4. The molecule has 0 radical (unpaired) electrons. The van der Waals surface area contributed by atoms with Crippen molar-refractivity contribution in [2.75, 3.05) is 18.0 Å². The highest BCUT2D eigenvalue weighted by Gasteiger charge is 2.25. The zero-order chi connectivity index (χ0) is 14.1. The van der Waals surface area contributed by atoms with Crippen LogP contribution in [0.15, 0.2) is 22.9 Å². The quantitative estimate of drug-likeness (QED) is 0.873. The smallest absolute Gasteiger partial charge is 0.245 e. The van der Waals surface area contributed by atoms with Crippen molar-refractivity contribution in [3.63, 3.8) is 0 Å². The van der Waals surface area contributed by atoms with Crippen LogP contribution in [0.5, 0.6) is 0 Å². The molecule has 2 aromatic rings. The Bertz CT molecular complexity index is 598. The highest BCUT2D eigenvalue weighted by atomic mass is 79.9. The second-order valence-electron chi connectivity index (χ2n) is 5.25. The van der Waals surface area contributed by atoms with Crippen molar-refractivity contribution < 1.29 is 0 Å².